The predicted molar refractivity (Wildman–Crippen MR) is 58.6 cm³/mol. The highest BCUT2D eigenvalue weighted by Crippen LogP contribution is 2.23. The predicted octanol–water partition coefficient (Wildman–Crippen LogP) is 2.61. The van der Waals surface area contributed by atoms with Crippen LogP contribution in [0.4, 0.5) is 8.78 Å². The summed E-state index contributed by atoms with van der Waals surface area (Å²) in [7, 11) is 0. The molecule has 0 saturated carbocycles. The first-order valence-corrected chi connectivity index (χ1v) is 4.97. The summed E-state index contributed by atoms with van der Waals surface area (Å²) in [6.45, 7) is 0.363. The smallest absolute Gasteiger partial charge is 0.219 e. The topological polar surface area (TPSA) is 48.1 Å². The van der Waals surface area contributed by atoms with Gasteiger partial charge in [0.25, 0.3) is 0 Å². The van der Waals surface area contributed by atoms with Gasteiger partial charge in [0.1, 0.15) is 5.82 Å². The SMILES string of the molecule is NCc1ccc(Oc2cc(F)ccc2F)nc1. The molecule has 1 heterocycles. The minimum atomic E-state index is -0.642. The van der Waals surface area contributed by atoms with Gasteiger partial charge < -0.3 is 10.5 Å². The van der Waals surface area contributed by atoms with Crippen molar-refractivity contribution >= 4 is 0 Å². The van der Waals surface area contributed by atoms with Gasteiger partial charge in [0.05, 0.1) is 0 Å². The Morgan fingerprint density at radius 1 is 1.18 bits per heavy atom. The van der Waals surface area contributed by atoms with Crippen LogP contribution in [0.25, 0.3) is 0 Å². The normalized spacial score (nSPS) is 10.3. The van der Waals surface area contributed by atoms with Crippen molar-refractivity contribution in [2.75, 3.05) is 0 Å². The van der Waals surface area contributed by atoms with Gasteiger partial charge in [0.2, 0.25) is 5.88 Å². The second-order valence-corrected chi connectivity index (χ2v) is 3.39. The fraction of sp³-hybridized carbons (Fsp3) is 0.0833. The second kappa shape index (κ2) is 4.88. The number of ether oxygens (including phenoxy) is 1. The molecule has 5 heteroatoms. The van der Waals surface area contributed by atoms with Crippen molar-refractivity contribution in [2.24, 2.45) is 5.73 Å². The van der Waals surface area contributed by atoms with E-state index < -0.39 is 11.6 Å². The molecule has 0 spiro atoms. The van der Waals surface area contributed by atoms with Crippen LogP contribution < -0.4 is 10.5 Å². The van der Waals surface area contributed by atoms with E-state index in [9.17, 15) is 8.78 Å². The molecule has 0 amide bonds. The van der Waals surface area contributed by atoms with Crippen LogP contribution in [0.1, 0.15) is 5.56 Å². The summed E-state index contributed by atoms with van der Waals surface area (Å²) in [6, 6.07) is 6.24. The van der Waals surface area contributed by atoms with Gasteiger partial charge in [0, 0.05) is 24.9 Å². The fourth-order valence-electron chi connectivity index (χ4n) is 1.26. The number of nitrogens with two attached hydrogens (primary N) is 1. The Bertz CT molecular complexity index is 514. The molecular formula is C12H10F2N2O. The van der Waals surface area contributed by atoms with Crippen LogP contribution in [0.2, 0.25) is 0 Å². The lowest BCUT2D eigenvalue weighted by molar-refractivity contribution is 0.422. The third-order valence-corrected chi connectivity index (χ3v) is 2.14. The monoisotopic (exact) mass is 236 g/mol. The van der Waals surface area contributed by atoms with Gasteiger partial charge in [-0.2, -0.15) is 0 Å². The molecule has 3 nitrogen and oxygen atoms in total. The highest BCUT2D eigenvalue weighted by molar-refractivity contribution is 5.29. The molecular weight excluding hydrogens is 226 g/mol. The third-order valence-electron chi connectivity index (χ3n) is 2.14. The quantitative estimate of drug-likeness (QED) is 0.891. The molecule has 2 N–H and O–H groups in total. The maximum Gasteiger partial charge on any atom is 0.219 e. The minimum absolute atomic E-state index is 0.187. The van der Waals surface area contributed by atoms with Crippen LogP contribution in [-0.4, -0.2) is 4.98 Å². The Morgan fingerprint density at radius 3 is 2.65 bits per heavy atom. The number of aromatic nitrogens is 1. The third kappa shape index (κ3) is 2.76. The Kier molecular flexibility index (Phi) is 3.30. The Labute approximate surface area is 96.9 Å². The van der Waals surface area contributed by atoms with E-state index in [-0.39, 0.29) is 11.6 Å². The molecule has 1 aromatic heterocycles. The van der Waals surface area contributed by atoms with Gasteiger partial charge in [-0.15, -0.1) is 0 Å². The van der Waals surface area contributed by atoms with Gasteiger partial charge in [0.15, 0.2) is 11.6 Å². The van der Waals surface area contributed by atoms with Crippen molar-refractivity contribution in [3.8, 4) is 11.6 Å². The molecule has 88 valence electrons. The summed E-state index contributed by atoms with van der Waals surface area (Å²) in [5.74, 6) is -1.22. The van der Waals surface area contributed by atoms with Crippen LogP contribution in [0.3, 0.4) is 0 Å². The fourth-order valence-corrected chi connectivity index (χ4v) is 1.26. The van der Waals surface area contributed by atoms with E-state index in [4.69, 9.17) is 10.5 Å². The molecule has 0 aliphatic rings. The van der Waals surface area contributed by atoms with Gasteiger partial charge in [-0.1, -0.05) is 6.07 Å². The summed E-state index contributed by atoms with van der Waals surface area (Å²) in [6.07, 6.45) is 1.52. The zero-order valence-corrected chi connectivity index (χ0v) is 8.86. The minimum Gasteiger partial charge on any atom is -0.436 e. The van der Waals surface area contributed by atoms with Gasteiger partial charge in [-0.05, 0) is 17.7 Å². The Morgan fingerprint density at radius 2 is 2.00 bits per heavy atom. The molecule has 2 rings (SSSR count). The van der Waals surface area contributed by atoms with Crippen molar-refractivity contribution in [3.63, 3.8) is 0 Å². The maximum absolute atomic E-state index is 13.3. The number of halogens is 2. The molecule has 0 aliphatic heterocycles. The lowest BCUT2D eigenvalue weighted by atomic mass is 10.3. The second-order valence-electron chi connectivity index (χ2n) is 3.39. The average Bonchev–Trinajstić information content (AvgIpc) is 2.35. The van der Waals surface area contributed by atoms with E-state index in [0.717, 1.165) is 23.8 Å². The van der Waals surface area contributed by atoms with Gasteiger partial charge >= 0.3 is 0 Å². The largest absolute Gasteiger partial charge is 0.436 e. The van der Waals surface area contributed by atoms with E-state index in [2.05, 4.69) is 4.98 Å². The molecule has 0 fully saturated rings. The van der Waals surface area contributed by atoms with Gasteiger partial charge in [-0.3, -0.25) is 0 Å². The summed E-state index contributed by atoms with van der Waals surface area (Å²) >= 11 is 0. The molecule has 2 aromatic rings. The zero-order valence-electron chi connectivity index (χ0n) is 8.86. The van der Waals surface area contributed by atoms with Crippen LogP contribution >= 0.6 is 0 Å². The van der Waals surface area contributed by atoms with Crippen molar-refractivity contribution in [1.82, 2.24) is 4.98 Å². The van der Waals surface area contributed by atoms with E-state index in [1.54, 1.807) is 12.1 Å². The number of rotatable bonds is 3. The highest BCUT2D eigenvalue weighted by atomic mass is 19.1. The molecule has 0 saturated heterocycles. The number of hydrogen-bond donors (Lipinski definition) is 1. The maximum atomic E-state index is 13.3. The number of nitrogens with zero attached hydrogens (tertiary/aromatic N) is 1. The average molecular weight is 236 g/mol. The summed E-state index contributed by atoms with van der Waals surface area (Å²) < 4.78 is 31.3. The molecule has 0 aliphatic carbocycles. The molecule has 0 atom stereocenters. The van der Waals surface area contributed by atoms with E-state index in [0.29, 0.717) is 6.54 Å². The van der Waals surface area contributed by atoms with Crippen LogP contribution in [-0.2, 0) is 6.54 Å². The molecule has 0 radical (unpaired) electrons. The summed E-state index contributed by atoms with van der Waals surface area (Å²) in [5.41, 5.74) is 6.24. The lowest BCUT2D eigenvalue weighted by Gasteiger charge is -2.06. The highest BCUT2D eigenvalue weighted by Gasteiger charge is 2.06. The summed E-state index contributed by atoms with van der Waals surface area (Å²) in [4.78, 5) is 3.92. The number of hydrogen-bond acceptors (Lipinski definition) is 3. The van der Waals surface area contributed by atoms with Crippen LogP contribution in [0.15, 0.2) is 36.5 Å². The van der Waals surface area contributed by atoms with Crippen molar-refractivity contribution in [2.45, 2.75) is 6.54 Å². The Balaban J connectivity index is 2.22. The number of pyridine rings is 1. The zero-order chi connectivity index (χ0) is 12.3. The van der Waals surface area contributed by atoms with E-state index in [1.165, 1.54) is 6.20 Å². The first-order valence-electron chi connectivity index (χ1n) is 4.97. The van der Waals surface area contributed by atoms with E-state index >= 15 is 0 Å². The number of benzene rings is 1. The lowest BCUT2D eigenvalue weighted by Crippen LogP contribution is -1.97. The summed E-state index contributed by atoms with van der Waals surface area (Å²) in [5, 5.41) is 0. The molecule has 1 aromatic carbocycles. The molecule has 0 unspecified atom stereocenters. The molecule has 17 heavy (non-hydrogen) atoms. The van der Waals surface area contributed by atoms with Gasteiger partial charge in [-0.25, -0.2) is 13.8 Å². The first-order chi connectivity index (χ1) is 8.19. The standard InChI is InChI=1S/C12H10F2N2O/c13-9-2-3-10(14)11(5-9)17-12-4-1-8(6-15)7-16-12/h1-5,7H,6,15H2. The first kappa shape index (κ1) is 11.5. The van der Waals surface area contributed by atoms with Crippen LogP contribution in [0.5, 0.6) is 11.6 Å². The Hall–Kier alpha value is -2.01. The molecule has 0 bridgehead atoms. The van der Waals surface area contributed by atoms with Crippen LogP contribution in [0, 0.1) is 11.6 Å². The van der Waals surface area contributed by atoms with Crippen molar-refractivity contribution in [3.05, 3.63) is 53.7 Å². The van der Waals surface area contributed by atoms with Crippen molar-refractivity contribution in [1.29, 1.82) is 0 Å². The van der Waals surface area contributed by atoms with Crippen molar-refractivity contribution < 1.29 is 13.5 Å². The van der Waals surface area contributed by atoms with E-state index in [1.807, 2.05) is 0 Å².